The largest absolute Gasteiger partial charge is 0.375 e. The molecule has 4 nitrogen and oxygen atoms in total. The molecule has 1 rings (SSSR count). The van der Waals surface area contributed by atoms with Crippen LogP contribution in [0.1, 0.15) is 31.9 Å². The summed E-state index contributed by atoms with van der Waals surface area (Å²) in [7, 11) is 0. The number of nitrogens with zero attached hydrogens (tertiary/aromatic N) is 1. The van der Waals surface area contributed by atoms with Crippen LogP contribution in [0, 0.1) is 0 Å². The van der Waals surface area contributed by atoms with E-state index in [1.54, 1.807) is 0 Å². The van der Waals surface area contributed by atoms with Crippen LogP contribution in [0.4, 0.5) is 5.13 Å². The van der Waals surface area contributed by atoms with Gasteiger partial charge >= 0.3 is 0 Å². The SMILES string of the molecule is CCCCCNC(=O)Cc1csc(N)n1. The lowest BCUT2D eigenvalue weighted by Crippen LogP contribution is -2.26. The van der Waals surface area contributed by atoms with E-state index in [-0.39, 0.29) is 5.91 Å². The summed E-state index contributed by atoms with van der Waals surface area (Å²) in [5.74, 6) is 0.0244. The lowest BCUT2D eigenvalue weighted by Gasteiger charge is -2.02. The van der Waals surface area contributed by atoms with Gasteiger partial charge < -0.3 is 11.1 Å². The van der Waals surface area contributed by atoms with Gasteiger partial charge in [0.1, 0.15) is 0 Å². The number of hydrogen-bond donors (Lipinski definition) is 2. The van der Waals surface area contributed by atoms with Gasteiger partial charge in [0, 0.05) is 11.9 Å². The normalized spacial score (nSPS) is 10.2. The van der Waals surface area contributed by atoms with E-state index in [1.165, 1.54) is 17.8 Å². The molecular weight excluding hydrogens is 210 g/mol. The molecule has 0 saturated heterocycles. The molecule has 0 atom stereocenters. The van der Waals surface area contributed by atoms with Gasteiger partial charge in [0.05, 0.1) is 12.1 Å². The van der Waals surface area contributed by atoms with Crippen molar-refractivity contribution in [1.29, 1.82) is 0 Å². The Morgan fingerprint density at radius 2 is 2.40 bits per heavy atom. The van der Waals surface area contributed by atoms with Crippen molar-refractivity contribution in [3.05, 3.63) is 11.1 Å². The van der Waals surface area contributed by atoms with Crippen LogP contribution >= 0.6 is 11.3 Å². The third-order valence-electron chi connectivity index (χ3n) is 2.01. The molecule has 0 radical (unpaired) electrons. The zero-order chi connectivity index (χ0) is 11.1. The fraction of sp³-hybridized carbons (Fsp3) is 0.600. The number of nitrogens with one attached hydrogen (secondary N) is 1. The summed E-state index contributed by atoms with van der Waals surface area (Å²) in [6.07, 6.45) is 3.70. The number of nitrogens with two attached hydrogens (primary N) is 1. The summed E-state index contributed by atoms with van der Waals surface area (Å²) < 4.78 is 0. The molecule has 84 valence electrons. The van der Waals surface area contributed by atoms with E-state index in [9.17, 15) is 4.79 Å². The number of anilines is 1. The van der Waals surface area contributed by atoms with Crippen LogP contribution in [0.25, 0.3) is 0 Å². The van der Waals surface area contributed by atoms with Gasteiger partial charge in [-0.3, -0.25) is 4.79 Å². The highest BCUT2D eigenvalue weighted by Gasteiger charge is 2.05. The van der Waals surface area contributed by atoms with Crippen LogP contribution in [-0.4, -0.2) is 17.4 Å². The van der Waals surface area contributed by atoms with E-state index < -0.39 is 0 Å². The maximum Gasteiger partial charge on any atom is 0.226 e. The first-order valence-electron chi connectivity index (χ1n) is 5.19. The quantitative estimate of drug-likeness (QED) is 0.725. The topological polar surface area (TPSA) is 68.0 Å². The summed E-state index contributed by atoms with van der Waals surface area (Å²) in [6.45, 7) is 2.90. The number of nitrogen functional groups attached to an aromatic ring is 1. The van der Waals surface area contributed by atoms with Gasteiger partial charge in [-0.1, -0.05) is 19.8 Å². The third-order valence-corrected chi connectivity index (χ3v) is 2.74. The van der Waals surface area contributed by atoms with Gasteiger partial charge in [-0.25, -0.2) is 4.98 Å². The summed E-state index contributed by atoms with van der Waals surface area (Å²) in [4.78, 5) is 15.4. The number of rotatable bonds is 6. The summed E-state index contributed by atoms with van der Waals surface area (Å²) in [6, 6.07) is 0. The predicted octanol–water partition coefficient (Wildman–Crippen LogP) is 1.57. The van der Waals surface area contributed by atoms with Crippen molar-refractivity contribution in [2.45, 2.75) is 32.6 Å². The molecule has 1 amide bonds. The standard InChI is InChI=1S/C10H17N3OS/c1-2-3-4-5-12-9(14)6-8-7-15-10(11)13-8/h7H,2-6H2,1H3,(H2,11,13)(H,12,14). The monoisotopic (exact) mass is 227 g/mol. The molecule has 0 aliphatic carbocycles. The van der Waals surface area contributed by atoms with Crippen molar-refractivity contribution in [1.82, 2.24) is 10.3 Å². The van der Waals surface area contributed by atoms with Crippen molar-refractivity contribution in [2.75, 3.05) is 12.3 Å². The van der Waals surface area contributed by atoms with Crippen LogP contribution in [0.2, 0.25) is 0 Å². The smallest absolute Gasteiger partial charge is 0.226 e. The maximum atomic E-state index is 11.4. The van der Waals surface area contributed by atoms with Gasteiger partial charge in [0.25, 0.3) is 0 Å². The third kappa shape index (κ3) is 4.78. The predicted molar refractivity (Wildman–Crippen MR) is 62.8 cm³/mol. The first-order valence-corrected chi connectivity index (χ1v) is 6.07. The lowest BCUT2D eigenvalue weighted by molar-refractivity contribution is -0.120. The molecule has 1 heterocycles. The summed E-state index contributed by atoms with van der Waals surface area (Å²) in [5.41, 5.74) is 6.22. The van der Waals surface area contributed by atoms with Gasteiger partial charge in [-0.15, -0.1) is 11.3 Å². The number of amides is 1. The minimum atomic E-state index is 0.0244. The van der Waals surface area contributed by atoms with Crippen LogP contribution < -0.4 is 11.1 Å². The van der Waals surface area contributed by atoms with Crippen molar-refractivity contribution in [2.24, 2.45) is 0 Å². The second-order valence-corrected chi connectivity index (χ2v) is 4.30. The summed E-state index contributed by atoms with van der Waals surface area (Å²) in [5, 5.41) is 5.20. The average molecular weight is 227 g/mol. The molecule has 1 aromatic heterocycles. The minimum absolute atomic E-state index is 0.0244. The van der Waals surface area contributed by atoms with Crippen LogP contribution in [0.15, 0.2) is 5.38 Å². The molecule has 0 unspecified atom stereocenters. The molecule has 0 aliphatic rings. The van der Waals surface area contributed by atoms with Crippen molar-refractivity contribution in [3.63, 3.8) is 0 Å². The van der Waals surface area contributed by atoms with Gasteiger partial charge in [-0.05, 0) is 6.42 Å². The Hall–Kier alpha value is -1.10. The van der Waals surface area contributed by atoms with Gasteiger partial charge in [0.2, 0.25) is 5.91 Å². The molecule has 5 heteroatoms. The van der Waals surface area contributed by atoms with Crippen LogP contribution in [0.3, 0.4) is 0 Å². The Kier molecular flexibility index (Phi) is 5.10. The highest BCUT2D eigenvalue weighted by Crippen LogP contribution is 2.11. The fourth-order valence-electron chi connectivity index (χ4n) is 1.23. The zero-order valence-electron chi connectivity index (χ0n) is 8.95. The number of thiazole rings is 1. The Bertz CT molecular complexity index is 311. The second kappa shape index (κ2) is 6.40. The molecule has 0 aromatic carbocycles. The van der Waals surface area contributed by atoms with Gasteiger partial charge in [0.15, 0.2) is 5.13 Å². The van der Waals surface area contributed by atoms with E-state index in [0.29, 0.717) is 11.6 Å². The lowest BCUT2D eigenvalue weighted by atomic mass is 10.2. The molecule has 15 heavy (non-hydrogen) atoms. The Labute approximate surface area is 93.9 Å². The van der Waals surface area contributed by atoms with Gasteiger partial charge in [-0.2, -0.15) is 0 Å². The zero-order valence-corrected chi connectivity index (χ0v) is 9.77. The molecule has 0 saturated carbocycles. The highest BCUT2D eigenvalue weighted by atomic mass is 32.1. The van der Waals surface area contributed by atoms with E-state index >= 15 is 0 Å². The highest BCUT2D eigenvalue weighted by molar-refractivity contribution is 7.13. The van der Waals surface area contributed by atoms with Crippen molar-refractivity contribution >= 4 is 22.4 Å². The molecule has 1 aromatic rings. The molecule has 0 spiro atoms. The minimum Gasteiger partial charge on any atom is -0.375 e. The van der Waals surface area contributed by atoms with Crippen molar-refractivity contribution in [3.8, 4) is 0 Å². The Morgan fingerprint density at radius 3 is 3.00 bits per heavy atom. The fourth-order valence-corrected chi connectivity index (χ4v) is 1.80. The first kappa shape index (κ1) is 12.0. The Morgan fingerprint density at radius 1 is 1.60 bits per heavy atom. The number of carbonyl (C=O) groups excluding carboxylic acids is 1. The van der Waals surface area contributed by atoms with E-state index in [1.807, 2.05) is 5.38 Å². The molecular formula is C10H17N3OS. The Balaban J connectivity index is 2.18. The number of hydrogen-bond acceptors (Lipinski definition) is 4. The molecule has 0 bridgehead atoms. The van der Waals surface area contributed by atoms with E-state index in [4.69, 9.17) is 5.73 Å². The van der Waals surface area contributed by atoms with E-state index in [2.05, 4.69) is 17.2 Å². The number of aromatic nitrogens is 1. The average Bonchev–Trinajstić information content (AvgIpc) is 2.59. The van der Waals surface area contributed by atoms with Crippen LogP contribution in [-0.2, 0) is 11.2 Å². The number of carbonyl (C=O) groups is 1. The maximum absolute atomic E-state index is 11.4. The molecule has 3 N–H and O–H groups in total. The second-order valence-electron chi connectivity index (χ2n) is 3.41. The van der Waals surface area contributed by atoms with Crippen LogP contribution in [0.5, 0.6) is 0 Å². The summed E-state index contributed by atoms with van der Waals surface area (Å²) >= 11 is 1.37. The van der Waals surface area contributed by atoms with Crippen molar-refractivity contribution < 1.29 is 4.79 Å². The first-order chi connectivity index (χ1) is 7.22. The number of unbranched alkanes of at least 4 members (excludes halogenated alkanes) is 2. The molecule has 0 fully saturated rings. The van der Waals surface area contributed by atoms with E-state index in [0.717, 1.165) is 25.1 Å². The molecule has 0 aliphatic heterocycles.